The van der Waals surface area contributed by atoms with Crippen molar-refractivity contribution in [2.45, 2.75) is 129 Å². The molecule has 3 heteroatoms. The van der Waals surface area contributed by atoms with Crippen molar-refractivity contribution in [1.29, 1.82) is 0 Å². The molecular formula is C31H52O3. The Balaban J connectivity index is 1.80. The molecule has 0 spiro atoms. The minimum atomic E-state index is -0.641. The highest BCUT2D eigenvalue weighted by molar-refractivity contribution is 5.22. The molecule has 3 rings (SSSR count). The molecule has 0 amide bonds. The smallest absolute Gasteiger partial charge is 0.197 e. The third-order valence-corrected chi connectivity index (χ3v) is 8.17. The van der Waals surface area contributed by atoms with E-state index in [0.717, 1.165) is 32.0 Å². The Bertz CT molecular complexity index is 652. The van der Waals surface area contributed by atoms with Crippen LogP contribution in [0.25, 0.3) is 0 Å². The van der Waals surface area contributed by atoms with Gasteiger partial charge >= 0.3 is 0 Å². The summed E-state index contributed by atoms with van der Waals surface area (Å²) in [5.74, 6) is 1.15. The zero-order valence-corrected chi connectivity index (χ0v) is 22.6. The van der Waals surface area contributed by atoms with E-state index >= 15 is 0 Å². The molecule has 0 bridgehead atoms. The van der Waals surface area contributed by atoms with E-state index in [1.807, 2.05) is 0 Å². The molecule has 5 atom stereocenters. The second-order valence-corrected chi connectivity index (χ2v) is 11.0. The molecule has 1 aliphatic carbocycles. The van der Waals surface area contributed by atoms with Crippen molar-refractivity contribution in [3.8, 4) is 0 Å². The van der Waals surface area contributed by atoms with Crippen LogP contribution in [0.15, 0.2) is 30.3 Å². The lowest BCUT2D eigenvalue weighted by atomic mass is 9.73. The second kappa shape index (κ2) is 14.6. The first-order valence-electron chi connectivity index (χ1n) is 14.6. The molecule has 1 aliphatic heterocycles. The highest BCUT2D eigenvalue weighted by atomic mass is 16.7. The van der Waals surface area contributed by atoms with Gasteiger partial charge in [0, 0.05) is 11.5 Å². The Morgan fingerprint density at radius 2 is 1.53 bits per heavy atom. The van der Waals surface area contributed by atoms with Gasteiger partial charge in [-0.3, -0.25) is 0 Å². The quantitative estimate of drug-likeness (QED) is 0.122. The average Bonchev–Trinajstić information content (AvgIpc) is 3.65. The highest BCUT2D eigenvalue weighted by Crippen LogP contribution is 2.47. The summed E-state index contributed by atoms with van der Waals surface area (Å²) in [6.45, 7) is 10.7. The number of benzene rings is 1. The van der Waals surface area contributed by atoms with E-state index in [1.54, 1.807) is 0 Å². The highest BCUT2D eigenvalue weighted by Gasteiger charge is 2.47. The Morgan fingerprint density at radius 1 is 0.853 bits per heavy atom. The third kappa shape index (κ3) is 7.80. The van der Waals surface area contributed by atoms with Gasteiger partial charge in [-0.25, -0.2) is 0 Å². The summed E-state index contributed by atoms with van der Waals surface area (Å²) in [7, 11) is 0. The van der Waals surface area contributed by atoms with Gasteiger partial charge in [-0.2, -0.15) is 0 Å². The van der Waals surface area contributed by atoms with E-state index in [9.17, 15) is 0 Å². The minimum Gasteiger partial charge on any atom is -0.370 e. The molecule has 1 aromatic carbocycles. The van der Waals surface area contributed by atoms with Crippen LogP contribution in [0.1, 0.15) is 117 Å². The van der Waals surface area contributed by atoms with Gasteiger partial charge in [0.25, 0.3) is 0 Å². The maximum absolute atomic E-state index is 6.80. The summed E-state index contributed by atoms with van der Waals surface area (Å²) in [6.07, 6.45) is 17.3. The van der Waals surface area contributed by atoms with Crippen LogP contribution in [0.3, 0.4) is 0 Å². The monoisotopic (exact) mass is 472 g/mol. The van der Waals surface area contributed by atoms with Crippen LogP contribution in [0.2, 0.25) is 0 Å². The molecule has 5 unspecified atom stereocenters. The number of fused-ring (bicyclic) bond motifs is 1. The Morgan fingerprint density at radius 3 is 2.18 bits per heavy atom. The van der Waals surface area contributed by atoms with Gasteiger partial charge in [-0.1, -0.05) is 96.6 Å². The fraction of sp³-hybridized carbons (Fsp3) is 0.806. The summed E-state index contributed by atoms with van der Waals surface area (Å²) >= 11 is 0. The first-order valence-corrected chi connectivity index (χ1v) is 14.6. The lowest BCUT2D eigenvalue weighted by Gasteiger charge is -2.43. The van der Waals surface area contributed by atoms with E-state index in [-0.39, 0.29) is 0 Å². The maximum Gasteiger partial charge on any atom is 0.197 e. The normalized spacial score (nSPS) is 23.9. The largest absolute Gasteiger partial charge is 0.370 e. The van der Waals surface area contributed by atoms with Crippen LogP contribution >= 0.6 is 0 Å². The van der Waals surface area contributed by atoms with Gasteiger partial charge in [0.1, 0.15) is 0 Å². The Labute approximate surface area is 210 Å². The zero-order chi connectivity index (χ0) is 24.2. The molecule has 1 aromatic rings. The Kier molecular flexibility index (Phi) is 11.9. The molecule has 1 heterocycles. The van der Waals surface area contributed by atoms with Crippen LogP contribution in [-0.2, 0) is 20.0 Å². The average molecular weight is 473 g/mol. The molecule has 0 aromatic heterocycles. The van der Waals surface area contributed by atoms with Crippen LogP contribution in [0, 0.1) is 17.8 Å². The molecule has 3 nitrogen and oxygen atoms in total. The molecule has 1 saturated heterocycles. The van der Waals surface area contributed by atoms with Gasteiger partial charge in [-0.05, 0) is 56.8 Å². The van der Waals surface area contributed by atoms with E-state index < -0.39 is 5.79 Å². The lowest BCUT2D eigenvalue weighted by molar-refractivity contribution is -0.283. The lowest BCUT2D eigenvalue weighted by Crippen LogP contribution is -2.43. The van der Waals surface area contributed by atoms with Crippen LogP contribution in [0.5, 0.6) is 0 Å². The summed E-state index contributed by atoms with van der Waals surface area (Å²) in [5.41, 5.74) is 1.20. The number of hydrogen-bond donors (Lipinski definition) is 0. The van der Waals surface area contributed by atoms with Crippen LogP contribution in [0.4, 0.5) is 0 Å². The molecule has 34 heavy (non-hydrogen) atoms. The Hall–Kier alpha value is -0.900. The SMILES string of the molecule is CCCCCCCCC(CC(C)C1CCC2OC2C1)C(OCCC)(OCCC)c1ccccc1. The van der Waals surface area contributed by atoms with Crippen molar-refractivity contribution in [2.24, 2.45) is 17.8 Å². The fourth-order valence-electron chi connectivity index (χ4n) is 6.08. The molecule has 0 radical (unpaired) electrons. The zero-order valence-electron chi connectivity index (χ0n) is 22.6. The van der Waals surface area contributed by atoms with Gasteiger partial charge in [0.05, 0.1) is 25.4 Å². The summed E-state index contributed by atoms with van der Waals surface area (Å²) < 4.78 is 19.5. The first-order chi connectivity index (χ1) is 16.6. The standard InChI is InChI=1S/C31H52O3/c1-5-8-9-10-11-13-18-28(23-25(4)26-19-20-29-30(24-26)34-29)31(32-21-6-2,33-22-7-3)27-16-14-12-15-17-27/h12,14-17,25-26,28-30H,5-11,13,18-24H2,1-4H3. The van der Waals surface area contributed by atoms with Gasteiger partial charge in [-0.15, -0.1) is 0 Å². The summed E-state index contributed by atoms with van der Waals surface area (Å²) in [6, 6.07) is 10.9. The van der Waals surface area contributed by atoms with E-state index in [2.05, 4.69) is 58.0 Å². The van der Waals surface area contributed by atoms with Crippen molar-refractivity contribution < 1.29 is 14.2 Å². The number of unbranched alkanes of at least 4 members (excludes halogenated alkanes) is 5. The van der Waals surface area contributed by atoms with Gasteiger partial charge < -0.3 is 14.2 Å². The molecule has 194 valence electrons. The van der Waals surface area contributed by atoms with Crippen molar-refractivity contribution in [2.75, 3.05) is 13.2 Å². The second-order valence-electron chi connectivity index (χ2n) is 11.0. The first kappa shape index (κ1) is 27.7. The van der Waals surface area contributed by atoms with Crippen molar-refractivity contribution in [1.82, 2.24) is 0 Å². The van der Waals surface area contributed by atoms with E-state index in [4.69, 9.17) is 14.2 Å². The van der Waals surface area contributed by atoms with Crippen LogP contribution < -0.4 is 0 Å². The van der Waals surface area contributed by atoms with E-state index in [0.29, 0.717) is 24.0 Å². The summed E-state index contributed by atoms with van der Waals surface area (Å²) in [5, 5.41) is 0. The topological polar surface area (TPSA) is 31.0 Å². The van der Waals surface area contributed by atoms with E-state index in [1.165, 1.54) is 76.2 Å². The number of ether oxygens (including phenoxy) is 3. The van der Waals surface area contributed by atoms with Crippen molar-refractivity contribution in [3.05, 3.63) is 35.9 Å². The fourth-order valence-corrected chi connectivity index (χ4v) is 6.08. The van der Waals surface area contributed by atoms with Gasteiger partial charge in [0.15, 0.2) is 5.79 Å². The summed E-state index contributed by atoms with van der Waals surface area (Å²) in [4.78, 5) is 0. The predicted octanol–water partition coefficient (Wildman–Crippen LogP) is 8.65. The molecule has 1 saturated carbocycles. The minimum absolute atomic E-state index is 0.368. The van der Waals surface area contributed by atoms with Crippen LogP contribution in [-0.4, -0.2) is 25.4 Å². The number of hydrogen-bond acceptors (Lipinski definition) is 3. The van der Waals surface area contributed by atoms with Gasteiger partial charge in [0.2, 0.25) is 0 Å². The number of rotatable bonds is 18. The molecule has 0 N–H and O–H groups in total. The molecule has 2 aliphatic rings. The van der Waals surface area contributed by atoms with Crippen molar-refractivity contribution >= 4 is 0 Å². The number of epoxide rings is 1. The predicted molar refractivity (Wildman–Crippen MR) is 142 cm³/mol. The van der Waals surface area contributed by atoms with Crippen molar-refractivity contribution in [3.63, 3.8) is 0 Å². The molecular weight excluding hydrogens is 420 g/mol. The maximum atomic E-state index is 6.80. The third-order valence-electron chi connectivity index (χ3n) is 8.17. The molecule has 2 fully saturated rings.